The molecule has 0 saturated carbocycles. The molecule has 2 unspecified atom stereocenters. The van der Waals surface area contributed by atoms with E-state index in [4.69, 9.17) is 4.74 Å². The molecule has 32 heavy (non-hydrogen) atoms. The van der Waals surface area contributed by atoms with E-state index >= 15 is 0 Å². The van der Waals surface area contributed by atoms with E-state index in [2.05, 4.69) is 59.1 Å². The molecule has 1 fully saturated rings. The standard InChI is InChI=1S/C25H34N4O2.HI/c1-18-7-4-9-21(13-18)19(2)15-28-25(26-3)29-16-20-8-5-10-22(14-20)24(30)27-17-23-11-6-12-31-23;/h4-5,7-10,13-14,19,23H,6,11-12,15-17H2,1-3H3,(H,27,30)(H2,26,28,29);1H. The molecule has 7 heteroatoms. The van der Waals surface area contributed by atoms with Gasteiger partial charge in [0.15, 0.2) is 5.96 Å². The summed E-state index contributed by atoms with van der Waals surface area (Å²) in [5.74, 6) is 1.05. The Hall–Kier alpha value is -2.13. The lowest BCUT2D eigenvalue weighted by Crippen LogP contribution is -2.38. The van der Waals surface area contributed by atoms with Crippen LogP contribution in [0.15, 0.2) is 53.5 Å². The molecular weight excluding hydrogens is 515 g/mol. The average Bonchev–Trinajstić information content (AvgIpc) is 3.31. The zero-order valence-electron chi connectivity index (χ0n) is 19.2. The Balaban J connectivity index is 0.00000363. The van der Waals surface area contributed by atoms with Gasteiger partial charge in [-0.25, -0.2) is 0 Å². The van der Waals surface area contributed by atoms with Gasteiger partial charge in [0.25, 0.3) is 5.91 Å². The summed E-state index contributed by atoms with van der Waals surface area (Å²) < 4.78 is 5.57. The highest BCUT2D eigenvalue weighted by molar-refractivity contribution is 14.0. The number of carbonyl (C=O) groups is 1. The smallest absolute Gasteiger partial charge is 0.251 e. The summed E-state index contributed by atoms with van der Waals surface area (Å²) in [6, 6.07) is 16.3. The van der Waals surface area contributed by atoms with Crippen LogP contribution in [0.2, 0.25) is 0 Å². The predicted molar refractivity (Wildman–Crippen MR) is 141 cm³/mol. The Labute approximate surface area is 208 Å². The van der Waals surface area contributed by atoms with E-state index in [1.807, 2.05) is 24.3 Å². The molecule has 3 N–H and O–H groups in total. The summed E-state index contributed by atoms with van der Waals surface area (Å²) in [5.41, 5.74) is 4.27. The minimum atomic E-state index is -0.0631. The first-order chi connectivity index (χ1) is 15.0. The number of ether oxygens (including phenoxy) is 1. The molecule has 0 bridgehead atoms. The van der Waals surface area contributed by atoms with Crippen molar-refractivity contribution in [3.8, 4) is 0 Å². The Bertz CT molecular complexity index is 897. The van der Waals surface area contributed by atoms with Gasteiger partial charge in [0.2, 0.25) is 0 Å². The molecule has 1 saturated heterocycles. The van der Waals surface area contributed by atoms with Gasteiger partial charge in [0.1, 0.15) is 0 Å². The number of hydrogen-bond acceptors (Lipinski definition) is 3. The van der Waals surface area contributed by atoms with E-state index in [0.29, 0.717) is 24.6 Å². The van der Waals surface area contributed by atoms with Crippen molar-refractivity contribution in [1.29, 1.82) is 0 Å². The average molecular weight is 550 g/mol. The third-order valence-corrected chi connectivity index (χ3v) is 5.57. The van der Waals surface area contributed by atoms with Gasteiger partial charge >= 0.3 is 0 Å². The van der Waals surface area contributed by atoms with Crippen molar-refractivity contribution in [2.45, 2.75) is 45.3 Å². The van der Waals surface area contributed by atoms with Crippen LogP contribution >= 0.6 is 24.0 Å². The molecule has 6 nitrogen and oxygen atoms in total. The maximum absolute atomic E-state index is 12.5. The minimum absolute atomic E-state index is 0. The lowest BCUT2D eigenvalue weighted by atomic mass is 9.99. The van der Waals surface area contributed by atoms with E-state index in [1.165, 1.54) is 11.1 Å². The summed E-state index contributed by atoms with van der Waals surface area (Å²) in [5, 5.41) is 9.70. The largest absolute Gasteiger partial charge is 0.376 e. The number of halogens is 1. The van der Waals surface area contributed by atoms with Crippen LogP contribution in [0.3, 0.4) is 0 Å². The second kappa shape index (κ2) is 13.4. The lowest BCUT2D eigenvalue weighted by Gasteiger charge is -2.17. The van der Waals surface area contributed by atoms with Crippen molar-refractivity contribution in [1.82, 2.24) is 16.0 Å². The SMILES string of the molecule is CN=C(NCc1cccc(C(=O)NCC2CCCO2)c1)NCC(C)c1cccc(C)c1.I. The number of nitrogens with zero attached hydrogens (tertiary/aromatic N) is 1. The van der Waals surface area contributed by atoms with Crippen LogP contribution in [-0.2, 0) is 11.3 Å². The fourth-order valence-electron chi connectivity index (χ4n) is 3.69. The molecule has 174 valence electrons. The first-order valence-corrected chi connectivity index (χ1v) is 11.0. The van der Waals surface area contributed by atoms with Crippen molar-refractivity contribution in [3.05, 3.63) is 70.8 Å². The van der Waals surface area contributed by atoms with Crippen LogP contribution < -0.4 is 16.0 Å². The Kier molecular flexibility index (Phi) is 11.0. The number of aliphatic imine (C=N–C) groups is 1. The highest BCUT2D eigenvalue weighted by Gasteiger charge is 2.16. The van der Waals surface area contributed by atoms with Crippen LogP contribution in [0, 0.1) is 6.92 Å². The van der Waals surface area contributed by atoms with Crippen molar-refractivity contribution in [2.75, 3.05) is 26.7 Å². The fraction of sp³-hybridized carbons (Fsp3) is 0.440. The van der Waals surface area contributed by atoms with E-state index < -0.39 is 0 Å². The van der Waals surface area contributed by atoms with Gasteiger partial charge in [-0.3, -0.25) is 9.79 Å². The first-order valence-electron chi connectivity index (χ1n) is 11.0. The van der Waals surface area contributed by atoms with Crippen LogP contribution in [0.4, 0.5) is 0 Å². The number of carbonyl (C=O) groups excluding carboxylic acids is 1. The normalized spacial score (nSPS) is 16.7. The molecule has 1 aliphatic rings. The Morgan fingerprint density at radius 2 is 1.97 bits per heavy atom. The summed E-state index contributed by atoms with van der Waals surface area (Å²) in [4.78, 5) is 16.8. The molecule has 2 atom stereocenters. The van der Waals surface area contributed by atoms with Crippen LogP contribution in [0.25, 0.3) is 0 Å². The van der Waals surface area contributed by atoms with Crippen molar-refractivity contribution in [2.24, 2.45) is 4.99 Å². The summed E-state index contributed by atoms with van der Waals surface area (Å²) in [6.45, 7) is 7.05. The van der Waals surface area contributed by atoms with E-state index in [1.54, 1.807) is 7.05 Å². The highest BCUT2D eigenvalue weighted by Crippen LogP contribution is 2.15. The minimum Gasteiger partial charge on any atom is -0.376 e. The van der Waals surface area contributed by atoms with E-state index in [-0.39, 0.29) is 36.0 Å². The molecule has 1 aliphatic heterocycles. The molecule has 0 aliphatic carbocycles. The van der Waals surface area contributed by atoms with Gasteiger partial charge in [-0.2, -0.15) is 0 Å². The fourth-order valence-corrected chi connectivity index (χ4v) is 3.69. The van der Waals surface area contributed by atoms with Crippen molar-refractivity contribution < 1.29 is 9.53 Å². The quantitative estimate of drug-likeness (QED) is 0.264. The second-order valence-electron chi connectivity index (χ2n) is 8.17. The summed E-state index contributed by atoms with van der Waals surface area (Å²) in [7, 11) is 1.77. The van der Waals surface area contributed by atoms with Crippen LogP contribution in [-0.4, -0.2) is 44.7 Å². The molecule has 0 radical (unpaired) electrons. The third kappa shape index (κ3) is 8.09. The van der Waals surface area contributed by atoms with Crippen LogP contribution in [0.1, 0.15) is 52.7 Å². The maximum atomic E-state index is 12.5. The number of aryl methyl sites for hydroxylation is 1. The molecule has 2 aromatic rings. The van der Waals surface area contributed by atoms with Gasteiger partial charge in [0, 0.05) is 38.9 Å². The Morgan fingerprint density at radius 3 is 2.69 bits per heavy atom. The predicted octanol–water partition coefficient (Wildman–Crippen LogP) is 3.99. The topological polar surface area (TPSA) is 74.8 Å². The lowest BCUT2D eigenvalue weighted by molar-refractivity contribution is 0.0857. The number of amides is 1. The van der Waals surface area contributed by atoms with Gasteiger partial charge in [-0.1, -0.05) is 48.9 Å². The maximum Gasteiger partial charge on any atom is 0.251 e. The van der Waals surface area contributed by atoms with Gasteiger partial charge in [-0.05, 0) is 48.9 Å². The van der Waals surface area contributed by atoms with Crippen molar-refractivity contribution in [3.63, 3.8) is 0 Å². The number of guanidine groups is 1. The highest BCUT2D eigenvalue weighted by atomic mass is 127. The molecular formula is C25H35IN4O2. The number of benzene rings is 2. The monoisotopic (exact) mass is 550 g/mol. The zero-order chi connectivity index (χ0) is 22.1. The zero-order valence-corrected chi connectivity index (χ0v) is 21.5. The number of hydrogen-bond donors (Lipinski definition) is 3. The molecule has 0 aromatic heterocycles. The number of rotatable bonds is 8. The molecule has 1 amide bonds. The second-order valence-corrected chi connectivity index (χ2v) is 8.17. The molecule has 0 spiro atoms. The van der Waals surface area contributed by atoms with E-state index in [0.717, 1.165) is 37.5 Å². The molecule has 1 heterocycles. The summed E-state index contributed by atoms with van der Waals surface area (Å²) >= 11 is 0. The summed E-state index contributed by atoms with van der Waals surface area (Å²) in [6.07, 6.45) is 2.23. The Morgan fingerprint density at radius 1 is 1.16 bits per heavy atom. The van der Waals surface area contributed by atoms with Crippen molar-refractivity contribution >= 4 is 35.8 Å². The van der Waals surface area contributed by atoms with Gasteiger partial charge in [-0.15, -0.1) is 24.0 Å². The van der Waals surface area contributed by atoms with Gasteiger partial charge in [0.05, 0.1) is 6.10 Å². The number of nitrogens with one attached hydrogen (secondary N) is 3. The van der Waals surface area contributed by atoms with Crippen LogP contribution in [0.5, 0.6) is 0 Å². The molecule has 2 aromatic carbocycles. The van der Waals surface area contributed by atoms with E-state index in [9.17, 15) is 4.79 Å². The molecule has 3 rings (SSSR count). The third-order valence-electron chi connectivity index (χ3n) is 5.57. The first kappa shape index (κ1) is 26.1. The van der Waals surface area contributed by atoms with Gasteiger partial charge < -0.3 is 20.7 Å².